The van der Waals surface area contributed by atoms with Gasteiger partial charge in [-0.25, -0.2) is 9.69 Å². The number of barbiturate groups is 1. The van der Waals surface area contributed by atoms with Crippen LogP contribution in [0.1, 0.15) is 30.5 Å². The molecule has 6 rings (SSSR count). The Balaban J connectivity index is 1.36. The minimum atomic E-state index is -1.57. The summed E-state index contributed by atoms with van der Waals surface area (Å²) in [6, 6.07) is 18.6. The number of benzene rings is 2. The van der Waals surface area contributed by atoms with Gasteiger partial charge in [-0.1, -0.05) is 18.2 Å². The molecule has 1 aromatic heterocycles. The van der Waals surface area contributed by atoms with E-state index >= 15 is 0 Å². The van der Waals surface area contributed by atoms with Crippen LogP contribution < -0.4 is 25.2 Å². The summed E-state index contributed by atoms with van der Waals surface area (Å²) in [7, 11) is 1.54. The highest BCUT2D eigenvalue weighted by molar-refractivity contribution is 6.30. The Morgan fingerprint density at radius 2 is 1.64 bits per heavy atom. The SMILES string of the molecule is CCOc1ccc(C[C@@]2(CN3C[C@@H]4C[C@@H](C3)c3cccc(=O)n3C4)C(=O)NC(=O)N(c3ccc(OC)cc3)C2=O)cc1. The number of carbonyl (C=O) groups is 3. The molecule has 4 heterocycles. The molecule has 2 aromatic carbocycles. The summed E-state index contributed by atoms with van der Waals surface area (Å²) in [5.74, 6) is 0.420. The molecule has 2 fully saturated rings. The number of carbonyl (C=O) groups excluding carboxylic acids is 3. The van der Waals surface area contributed by atoms with Gasteiger partial charge in [0.25, 0.3) is 11.5 Å². The molecule has 3 aromatic rings. The number of amides is 4. The zero-order chi connectivity index (χ0) is 29.4. The normalized spacial score (nSPS) is 23.8. The van der Waals surface area contributed by atoms with E-state index in [0.717, 1.165) is 22.6 Å². The number of pyridine rings is 1. The van der Waals surface area contributed by atoms with Gasteiger partial charge in [-0.05, 0) is 73.7 Å². The van der Waals surface area contributed by atoms with Gasteiger partial charge in [-0.15, -0.1) is 0 Å². The van der Waals surface area contributed by atoms with Crippen molar-refractivity contribution in [2.75, 3.05) is 38.3 Å². The molecule has 3 aliphatic rings. The van der Waals surface area contributed by atoms with Gasteiger partial charge in [0.05, 0.1) is 19.4 Å². The minimum Gasteiger partial charge on any atom is -0.497 e. The number of nitrogens with zero attached hydrogens (tertiary/aromatic N) is 3. The predicted molar refractivity (Wildman–Crippen MR) is 156 cm³/mol. The smallest absolute Gasteiger partial charge is 0.335 e. The van der Waals surface area contributed by atoms with Gasteiger partial charge >= 0.3 is 6.03 Å². The molecule has 0 unspecified atom stereocenters. The maximum Gasteiger partial charge on any atom is 0.335 e. The number of nitrogens with one attached hydrogen (secondary N) is 1. The Morgan fingerprint density at radius 3 is 2.36 bits per heavy atom. The summed E-state index contributed by atoms with van der Waals surface area (Å²) in [5.41, 5.74) is 0.547. The number of rotatable bonds is 8. The van der Waals surface area contributed by atoms with Crippen molar-refractivity contribution in [1.29, 1.82) is 0 Å². The van der Waals surface area contributed by atoms with E-state index in [0.29, 0.717) is 43.4 Å². The second-order valence-corrected chi connectivity index (χ2v) is 11.3. The lowest BCUT2D eigenvalue weighted by Gasteiger charge is -2.47. The third kappa shape index (κ3) is 4.96. The second kappa shape index (κ2) is 11.1. The topological polar surface area (TPSA) is 110 Å². The molecule has 0 radical (unpaired) electrons. The third-order valence-corrected chi connectivity index (χ3v) is 8.59. The van der Waals surface area contributed by atoms with Gasteiger partial charge in [0.1, 0.15) is 16.9 Å². The van der Waals surface area contributed by atoms with Crippen molar-refractivity contribution in [3.8, 4) is 11.5 Å². The highest BCUT2D eigenvalue weighted by atomic mass is 16.5. The van der Waals surface area contributed by atoms with Crippen molar-refractivity contribution in [1.82, 2.24) is 14.8 Å². The van der Waals surface area contributed by atoms with Crippen molar-refractivity contribution in [3.63, 3.8) is 0 Å². The molecule has 3 aliphatic heterocycles. The Labute approximate surface area is 243 Å². The average molecular weight is 571 g/mol. The maximum atomic E-state index is 14.5. The first-order valence-corrected chi connectivity index (χ1v) is 14.3. The number of imide groups is 2. The third-order valence-electron chi connectivity index (χ3n) is 8.59. The van der Waals surface area contributed by atoms with Crippen LogP contribution in [0.25, 0.3) is 0 Å². The number of piperidine rings is 1. The molecule has 3 atom stereocenters. The number of aromatic nitrogens is 1. The van der Waals surface area contributed by atoms with Crippen LogP contribution in [0.3, 0.4) is 0 Å². The monoisotopic (exact) mass is 570 g/mol. The first-order chi connectivity index (χ1) is 20.3. The fourth-order valence-corrected chi connectivity index (χ4v) is 6.72. The molecule has 10 nitrogen and oxygen atoms in total. The average Bonchev–Trinajstić information content (AvgIpc) is 2.98. The highest BCUT2D eigenvalue weighted by Crippen LogP contribution is 2.39. The highest BCUT2D eigenvalue weighted by Gasteiger charge is 2.55. The lowest BCUT2D eigenvalue weighted by molar-refractivity contribution is -0.144. The molecule has 4 amide bonds. The molecule has 0 spiro atoms. The molecule has 2 saturated heterocycles. The Bertz CT molecular complexity index is 1570. The first-order valence-electron chi connectivity index (χ1n) is 14.3. The fraction of sp³-hybridized carbons (Fsp3) is 0.375. The molecule has 0 saturated carbocycles. The van der Waals surface area contributed by atoms with E-state index in [1.54, 1.807) is 36.4 Å². The molecular weight excluding hydrogens is 536 g/mol. The van der Waals surface area contributed by atoms with Crippen LogP contribution in [-0.2, 0) is 22.6 Å². The lowest BCUT2D eigenvalue weighted by Crippen LogP contribution is -2.68. The van der Waals surface area contributed by atoms with Crippen molar-refractivity contribution in [2.24, 2.45) is 11.3 Å². The van der Waals surface area contributed by atoms with Crippen molar-refractivity contribution in [2.45, 2.75) is 32.2 Å². The summed E-state index contributed by atoms with van der Waals surface area (Å²) in [4.78, 5) is 57.2. The number of anilines is 1. The first kappa shape index (κ1) is 27.7. The Morgan fingerprint density at radius 1 is 0.905 bits per heavy atom. The van der Waals surface area contributed by atoms with Gasteiger partial charge in [-0.3, -0.25) is 19.7 Å². The summed E-state index contributed by atoms with van der Waals surface area (Å²) >= 11 is 0. The molecule has 0 aliphatic carbocycles. The van der Waals surface area contributed by atoms with Crippen LogP contribution >= 0.6 is 0 Å². The molecule has 2 bridgehead atoms. The Hall–Kier alpha value is -4.44. The minimum absolute atomic E-state index is 0.00176. The van der Waals surface area contributed by atoms with Gasteiger partial charge < -0.3 is 18.9 Å². The molecule has 1 N–H and O–H groups in total. The number of likely N-dealkylation sites (tertiary alicyclic amines) is 1. The summed E-state index contributed by atoms with van der Waals surface area (Å²) < 4.78 is 12.7. The van der Waals surface area contributed by atoms with Crippen molar-refractivity contribution >= 4 is 23.5 Å². The number of ether oxygens (including phenoxy) is 2. The van der Waals surface area contributed by atoms with E-state index in [1.165, 1.54) is 7.11 Å². The predicted octanol–water partition coefficient (Wildman–Crippen LogP) is 3.19. The van der Waals surface area contributed by atoms with Crippen LogP contribution in [0.15, 0.2) is 71.5 Å². The zero-order valence-corrected chi connectivity index (χ0v) is 23.7. The maximum absolute atomic E-state index is 14.5. The van der Waals surface area contributed by atoms with E-state index in [9.17, 15) is 19.2 Å². The Kier molecular flexibility index (Phi) is 7.32. The van der Waals surface area contributed by atoms with Crippen LogP contribution in [0.2, 0.25) is 0 Å². The number of fused-ring (bicyclic) bond motifs is 4. The number of hydrogen-bond acceptors (Lipinski definition) is 7. The van der Waals surface area contributed by atoms with E-state index < -0.39 is 23.3 Å². The zero-order valence-electron chi connectivity index (χ0n) is 23.7. The quantitative estimate of drug-likeness (QED) is 0.414. The van der Waals surface area contributed by atoms with E-state index in [4.69, 9.17) is 9.47 Å². The molecule has 218 valence electrons. The van der Waals surface area contributed by atoms with Gasteiger partial charge in [0.15, 0.2) is 0 Å². The molecular formula is C32H34N4O6. The number of hydrogen-bond donors (Lipinski definition) is 1. The van der Waals surface area contributed by atoms with E-state index in [1.807, 2.05) is 41.8 Å². The van der Waals surface area contributed by atoms with Crippen LogP contribution in [0, 0.1) is 11.3 Å². The van der Waals surface area contributed by atoms with Crippen molar-refractivity contribution < 1.29 is 23.9 Å². The fourth-order valence-electron chi connectivity index (χ4n) is 6.72. The van der Waals surface area contributed by atoms with Gasteiger partial charge in [0.2, 0.25) is 5.91 Å². The molecule has 10 heteroatoms. The van der Waals surface area contributed by atoms with E-state index in [2.05, 4.69) is 10.2 Å². The van der Waals surface area contributed by atoms with Crippen molar-refractivity contribution in [3.05, 3.63) is 88.3 Å². The lowest BCUT2D eigenvalue weighted by atomic mass is 9.75. The number of urea groups is 1. The van der Waals surface area contributed by atoms with Crippen LogP contribution in [0.5, 0.6) is 11.5 Å². The van der Waals surface area contributed by atoms with Gasteiger partial charge in [0, 0.05) is 43.9 Å². The largest absolute Gasteiger partial charge is 0.497 e. The van der Waals surface area contributed by atoms with Crippen LogP contribution in [-0.4, -0.2) is 60.7 Å². The summed E-state index contributed by atoms with van der Waals surface area (Å²) in [6.07, 6.45) is 1.05. The second-order valence-electron chi connectivity index (χ2n) is 11.3. The standard InChI is InChI=1S/C32H34N4O6/c1-3-42-26-11-7-21(8-12-26)16-32(20-34-17-22-15-23(19-34)27-5-4-6-28(37)35(27)18-22)29(38)33-31(40)36(30(32)39)24-9-13-25(41-2)14-10-24/h4-14,22-23H,3,15-20H2,1-2H3,(H,33,38,40)/t22-,23-,32+/m0/s1. The van der Waals surface area contributed by atoms with Crippen LogP contribution in [0.4, 0.5) is 10.5 Å². The van der Waals surface area contributed by atoms with Gasteiger partial charge in [-0.2, -0.15) is 0 Å². The summed E-state index contributed by atoms with van der Waals surface area (Å²) in [5, 5.41) is 2.49. The van der Waals surface area contributed by atoms with E-state index in [-0.39, 0.29) is 30.4 Å². The summed E-state index contributed by atoms with van der Waals surface area (Å²) in [6.45, 7) is 4.40. The number of methoxy groups -OCH3 is 1. The molecule has 42 heavy (non-hydrogen) atoms.